The highest BCUT2D eigenvalue weighted by Crippen LogP contribution is 2.11. The molecule has 2 N–H and O–H groups in total. The smallest absolute Gasteiger partial charge is 0.128 e. The maximum Gasteiger partial charge on any atom is 0.128 e. The second kappa shape index (κ2) is 5.91. The summed E-state index contributed by atoms with van der Waals surface area (Å²) in [4.78, 5) is 0. The molecule has 0 bridgehead atoms. The van der Waals surface area contributed by atoms with Gasteiger partial charge in [-0.2, -0.15) is 11.3 Å². The molecule has 4 heteroatoms. The molecule has 2 rings (SSSR count). The van der Waals surface area contributed by atoms with Crippen LogP contribution in [0.4, 0.5) is 4.39 Å². The molecular weight excluding hydrogens is 237 g/mol. The number of benzene rings is 1. The van der Waals surface area contributed by atoms with Gasteiger partial charge in [-0.05, 0) is 40.1 Å². The maximum atomic E-state index is 13.1. The first kappa shape index (κ1) is 12.2. The highest BCUT2D eigenvalue weighted by Gasteiger charge is 2.02. The predicted octanol–water partition coefficient (Wildman–Crippen LogP) is 2.67. The first-order valence-electron chi connectivity index (χ1n) is 5.39. The van der Waals surface area contributed by atoms with E-state index in [1.54, 1.807) is 23.5 Å². The highest BCUT2D eigenvalue weighted by molar-refractivity contribution is 7.07. The minimum Gasteiger partial charge on any atom is -0.392 e. The van der Waals surface area contributed by atoms with Crippen LogP contribution in [0.5, 0.6) is 0 Å². The van der Waals surface area contributed by atoms with E-state index in [1.165, 1.54) is 11.6 Å². The molecule has 0 atom stereocenters. The molecule has 1 heterocycles. The average Bonchev–Trinajstić information content (AvgIpc) is 2.84. The van der Waals surface area contributed by atoms with Gasteiger partial charge in [0.1, 0.15) is 5.82 Å². The van der Waals surface area contributed by atoms with E-state index in [-0.39, 0.29) is 12.4 Å². The Kier molecular flexibility index (Phi) is 4.25. The molecule has 0 aliphatic carbocycles. The van der Waals surface area contributed by atoms with Crippen LogP contribution in [0.25, 0.3) is 0 Å². The van der Waals surface area contributed by atoms with Crippen molar-refractivity contribution in [1.82, 2.24) is 5.32 Å². The molecule has 0 spiro atoms. The minimum absolute atomic E-state index is 0.260. The van der Waals surface area contributed by atoms with Crippen molar-refractivity contribution in [3.05, 3.63) is 57.5 Å². The molecule has 0 saturated heterocycles. The van der Waals surface area contributed by atoms with Crippen LogP contribution in [0.3, 0.4) is 0 Å². The topological polar surface area (TPSA) is 32.3 Å². The summed E-state index contributed by atoms with van der Waals surface area (Å²) in [7, 11) is 0. The van der Waals surface area contributed by atoms with Crippen molar-refractivity contribution in [2.45, 2.75) is 19.7 Å². The Balaban J connectivity index is 1.90. The number of halogens is 1. The molecule has 0 saturated carbocycles. The molecule has 2 nitrogen and oxygen atoms in total. The molecule has 1 aromatic heterocycles. The Labute approximate surface area is 104 Å². The Bertz CT molecular complexity index is 470. The molecule has 90 valence electrons. The van der Waals surface area contributed by atoms with Crippen LogP contribution in [0, 0.1) is 5.82 Å². The quantitative estimate of drug-likeness (QED) is 0.856. The lowest BCUT2D eigenvalue weighted by Gasteiger charge is -2.06. The van der Waals surface area contributed by atoms with Crippen LogP contribution >= 0.6 is 11.3 Å². The van der Waals surface area contributed by atoms with E-state index < -0.39 is 0 Å². The fraction of sp³-hybridized carbons (Fsp3) is 0.231. The monoisotopic (exact) mass is 251 g/mol. The van der Waals surface area contributed by atoms with Crippen LogP contribution in [-0.2, 0) is 19.7 Å². The van der Waals surface area contributed by atoms with Gasteiger partial charge in [0.25, 0.3) is 0 Å². The molecule has 0 aliphatic heterocycles. The van der Waals surface area contributed by atoms with Crippen LogP contribution in [0.1, 0.15) is 16.7 Å². The van der Waals surface area contributed by atoms with Crippen molar-refractivity contribution in [3.8, 4) is 0 Å². The third kappa shape index (κ3) is 3.36. The Morgan fingerprint density at radius 3 is 2.71 bits per heavy atom. The molecule has 0 unspecified atom stereocenters. The van der Waals surface area contributed by atoms with E-state index in [0.717, 1.165) is 12.1 Å². The standard InChI is InChI=1S/C13H14FNOS/c14-13-2-1-10(5-12(13)8-16)6-15-7-11-3-4-17-9-11/h1-5,9,15-16H,6-8H2. The zero-order chi connectivity index (χ0) is 12.1. The zero-order valence-electron chi connectivity index (χ0n) is 9.32. The van der Waals surface area contributed by atoms with Crippen LogP contribution < -0.4 is 5.32 Å². The Hall–Kier alpha value is -1.23. The third-order valence-corrected chi connectivity index (χ3v) is 3.25. The normalized spacial score (nSPS) is 10.7. The number of nitrogens with one attached hydrogen (secondary N) is 1. The molecule has 0 radical (unpaired) electrons. The summed E-state index contributed by atoms with van der Waals surface area (Å²) in [5.41, 5.74) is 2.57. The van der Waals surface area contributed by atoms with Crippen molar-refractivity contribution in [1.29, 1.82) is 0 Å². The number of aliphatic hydroxyl groups excluding tert-OH is 1. The third-order valence-electron chi connectivity index (χ3n) is 2.52. The van der Waals surface area contributed by atoms with Gasteiger partial charge < -0.3 is 10.4 Å². The molecule has 17 heavy (non-hydrogen) atoms. The van der Waals surface area contributed by atoms with Gasteiger partial charge in [0.05, 0.1) is 6.61 Å². The van der Waals surface area contributed by atoms with Gasteiger partial charge in [0.2, 0.25) is 0 Å². The van der Waals surface area contributed by atoms with Crippen molar-refractivity contribution in [2.24, 2.45) is 0 Å². The van der Waals surface area contributed by atoms with Gasteiger partial charge in [0.15, 0.2) is 0 Å². The number of hydrogen-bond acceptors (Lipinski definition) is 3. The van der Waals surface area contributed by atoms with Crippen LogP contribution in [-0.4, -0.2) is 5.11 Å². The van der Waals surface area contributed by atoms with Gasteiger partial charge in [-0.25, -0.2) is 4.39 Å². The van der Waals surface area contributed by atoms with Gasteiger partial charge >= 0.3 is 0 Å². The van der Waals surface area contributed by atoms with Gasteiger partial charge in [-0.15, -0.1) is 0 Å². The molecule has 1 aromatic carbocycles. The van der Waals surface area contributed by atoms with Crippen molar-refractivity contribution in [3.63, 3.8) is 0 Å². The molecular formula is C13H14FNOS. The van der Waals surface area contributed by atoms with Crippen LogP contribution in [0.15, 0.2) is 35.0 Å². The van der Waals surface area contributed by atoms with Crippen molar-refractivity contribution >= 4 is 11.3 Å². The molecule has 0 amide bonds. The molecule has 0 aliphatic rings. The minimum atomic E-state index is -0.353. The fourth-order valence-electron chi connectivity index (χ4n) is 1.60. The summed E-state index contributed by atoms with van der Waals surface area (Å²) >= 11 is 1.67. The van der Waals surface area contributed by atoms with Gasteiger partial charge in [-0.1, -0.05) is 6.07 Å². The summed E-state index contributed by atoms with van der Waals surface area (Å²) < 4.78 is 13.1. The number of aliphatic hydroxyl groups is 1. The van der Waals surface area contributed by atoms with Gasteiger partial charge in [-0.3, -0.25) is 0 Å². The van der Waals surface area contributed by atoms with Gasteiger partial charge in [0, 0.05) is 18.7 Å². The summed E-state index contributed by atoms with van der Waals surface area (Å²) in [6, 6.07) is 6.89. The van der Waals surface area contributed by atoms with Crippen molar-refractivity contribution < 1.29 is 9.50 Å². The van der Waals surface area contributed by atoms with Crippen molar-refractivity contribution in [2.75, 3.05) is 0 Å². The SMILES string of the molecule is OCc1cc(CNCc2ccsc2)ccc1F. The van der Waals surface area contributed by atoms with E-state index in [2.05, 4.69) is 16.8 Å². The first-order valence-corrected chi connectivity index (χ1v) is 6.34. The summed E-state index contributed by atoms with van der Waals surface area (Å²) in [5, 5.41) is 16.4. The lowest BCUT2D eigenvalue weighted by atomic mass is 10.1. The lowest BCUT2D eigenvalue weighted by Crippen LogP contribution is -2.12. The van der Waals surface area contributed by atoms with E-state index in [1.807, 2.05) is 5.38 Å². The predicted molar refractivity (Wildman–Crippen MR) is 67.2 cm³/mol. The fourth-order valence-corrected chi connectivity index (χ4v) is 2.27. The van der Waals surface area contributed by atoms with E-state index in [4.69, 9.17) is 5.11 Å². The molecule has 2 aromatic rings. The highest BCUT2D eigenvalue weighted by atomic mass is 32.1. The van der Waals surface area contributed by atoms with E-state index in [9.17, 15) is 4.39 Å². The second-order valence-corrected chi connectivity index (χ2v) is 4.60. The average molecular weight is 251 g/mol. The molecule has 0 fully saturated rings. The number of rotatable bonds is 5. The van der Waals surface area contributed by atoms with E-state index >= 15 is 0 Å². The van der Waals surface area contributed by atoms with E-state index in [0.29, 0.717) is 12.1 Å². The number of hydrogen-bond donors (Lipinski definition) is 2. The maximum absolute atomic E-state index is 13.1. The second-order valence-electron chi connectivity index (χ2n) is 3.82. The first-order chi connectivity index (χ1) is 8.29. The Morgan fingerprint density at radius 1 is 1.18 bits per heavy atom. The zero-order valence-corrected chi connectivity index (χ0v) is 10.1. The lowest BCUT2D eigenvalue weighted by molar-refractivity contribution is 0.275. The summed E-state index contributed by atoms with van der Waals surface area (Å²) in [6.07, 6.45) is 0. The summed E-state index contributed by atoms with van der Waals surface area (Å²) in [6.45, 7) is 1.21. The Morgan fingerprint density at radius 2 is 2.00 bits per heavy atom. The van der Waals surface area contributed by atoms with Crippen LogP contribution in [0.2, 0.25) is 0 Å². The summed E-state index contributed by atoms with van der Waals surface area (Å²) in [5.74, 6) is -0.353. The largest absolute Gasteiger partial charge is 0.392 e. The number of thiophene rings is 1.